The average Bonchev–Trinajstić information content (AvgIpc) is 2.29. The van der Waals surface area contributed by atoms with Crippen molar-refractivity contribution < 1.29 is 9.84 Å². The molecule has 0 radical (unpaired) electrons. The predicted octanol–water partition coefficient (Wildman–Crippen LogP) is 1.30. The highest BCUT2D eigenvalue weighted by Gasteiger charge is 2.01. The minimum absolute atomic E-state index is 0.0560. The van der Waals surface area contributed by atoms with Gasteiger partial charge >= 0.3 is 0 Å². The largest absolute Gasteiger partial charge is 0.495 e. The average molecular weight is 201 g/mol. The molecule has 0 aliphatic carbocycles. The molecule has 0 aromatic heterocycles. The highest BCUT2D eigenvalue weighted by molar-refractivity contribution is 5.49. The van der Waals surface area contributed by atoms with Gasteiger partial charge in [0.05, 0.1) is 19.3 Å². The Morgan fingerprint density at radius 1 is 1.47 bits per heavy atom. The molecular weight excluding hydrogens is 190 g/mol. The Labute approximate surface area is 88.9 Å². The highest BCUT2D eigenvalue weighted by atomic mass is 16.5. The number of ether oxygens (including phenoxy) is 1. The van der Waals surface area contributed by atoms with E-state index in [1.54, 1.807) is 18.2 Å². The molecule has 0 spiro atoms. The summed E-state index contributed by atoms with van der Waals surface area (Å²) in [5.74, 6) is 6.20. The van der Waals surface area contributed by atoms with Crippen molar-refractivity contribution in [3.63, 3.8) is 0 Å². The molecule has 0 heterocycles. The van der Waals surface area contributed by atoms with Gasteiger partial charge < -0.3 is 9.84 Å². The number of nitrogens with zero attached hydrogens (tertiary/aromatic N) is 1. The fraction of sp³-hybridized carbons (Fsp3) is 0.250. The molecule has 0 aliphatic heterocycles. The first-order valence-electron chi connectivity index (χ1n) is 4.49. The van der Waals surface area contributed by atoms with E-state index in [1.165, 1.54) is 7.11 Å². The monoisotopic (exact) mass is 201 g/mol. The molecule has 0 fully saturated rings. The van der Waals surface area contributed by atoms with Gasteiger partial charge in [-0.25, -0.2) is 0 Å². The molecule has 3 nitrogen and oxygen atoms in total. The molecule has 3 heteroatoms. The van der Waals surface area contributed by atoms with E-state index in [0.717, 1.165) is 5.56 Å². The lowest BCUT2D eigenvalue weighted by atomic mass is 10.1. The number of hydrogen-bond donors (Lipinski definition) is 1. The Bertz CT molecular complexity index is 435. The van der Waals surface area contributed by atoms with E-state index >= 15 is 0 Å². The van der Waals surface area contributed by atoms with Crippen LogP contribution in [0.1, 0.15) is 17.5 Å². The third-order valence-corrected chi connectivity index (χ3v) is 1.79. The number of nitriles is 1. The van der Waals surface area contributed by atoms with Gasteiger partial charge in [0.15, 0.2) is 0 Å². The molecule has 76 valence electrons. The van der Waals surface area contributed by atoms with Gasteiger partial charge in [-0.15, -0.1) is 0 Å². The highest BCUT2D eigenvalue weighted by Crippen LogP contribution is 2.18. The number of rotatable bonds is 2. The van der Waals surface area contributed by atoms with E-state index < -0.39 is 0 Å². The van der Waals surface area contributed by atoms with Crippen molar-refractivity contribution in [3.05, 3.63) is 29.3 Å². The maximum atomic E-state index is 8.76. The summed E-state index contributed by atoms with van der Waals surface area (Å²) >= 11 is 0. The van der Waals surface area contributed by atoms with Crippen molar-refractivity contribution in [2.75, 3.05) is 13.7 Å². The standard InChI is InChI=1S/C12H11NO2/c1-15-12-8-10(4-2-3-7-14)5-6-11(12)9-13/h5-6,8,14H,3,7H2,1H3. The quantitative estimate of drug-likeness (QED) is 0.734. The lowest BCUT2D eigenvalue weighted by molar-refractivity contribution is 0.305. The fourth-order valence-electron chi connectivity index (χ4n) is 1.08. The molecule has 1 aromatic carbocycles. The lowest BCUT2D eigenvalue weighted by Crippen LogP contribution is -1.88. The van der Waals surface area contributed by atoms with Gasteiger partial charge in [-0.3, -0.25) is 0 Å². The Hall–Kier alpha value is -1.97. The van der Waals surface area contributed by atoms with Crippen LogP contribution >= 0.6 is 0 Å². The van der Waals surface area contributed by atoms with Crippen molar-refractivity contribution in [2.24, 2.45) is 0 Å². The van der Waals surface area contributed by atoms with E-state index in [4.69, 9.17) is 15.1 Å². The normalized spacial score (nSPS) is 8.60. The number of methoxy groups -OCH3 is 1. The van der Waals surface area contributed by atoms with Crippen LogP contribution in [0, 0.1) is 23.2 Å². The fourth-order valence-corrected chi connectivity index (χ4v) is 1.08. The maximum Gasteiger partial charge on any atom is 0.137 e. The van der Waals surface area contributed by atoms with Gasteiger partial charge in [0.1, 0.15) is 11.8 Å². The lowest BCUT2D eigenvalue weighted by Gasteiger charge is -2.01. The van der Waals surface area contributed by atoms with Crippen LogP contribution in [0.2, 0.25) is 0 Å². The summed E-state index contributed by atoms with van der Waals surface area (Å²) in [4.78, 5) is 0. The zero-order valence-corrected chi connectivity index (χ0v) is 8.45. The van der Waals surface area contributed by atoms with E-state index in [0.29, 0.717) is 17.7 Å². The Balaban J connectivity index is 2.96. The Kier molecular flexibility index (Phi) is 4.22. The molecule has 15 heavy (non-hydrogen) atoms. The molecule has 1 aromatic rings. The van der Waals surface area contributed by atoms with E-state index in [1.807, 2.05) is 6.07 Å². The molecule has 1 N–H and O–H groups in total. The van der Waals surface area contributed by atoms with Crippen LogP contribution in [-0.2, 0) is 0 Å². The first-order valence-corrected chi connectivity index (χ1v) is 4.49. The maximum absolute atomic E-state index is 8.76. The summed E-state index contributed by atoms with van der Waals surface area (Å²) in [6, 6.07) is 7.16. The molecule has 0 saturated carbocycles. The van der Waals surface area contributed by atoms with Crippen LogP contribution in [0.15, 0.2) is 18.2 Å². The predicted molar refractivity (Wildman–Crippen MR) is 56.3 cm³/mol. The molecule has 0 unspecified atom stereocenters. The summed E-state index contributed by atoms with van der Waals surface area (Å²) < 4.78 is 5.04. The molecule has 0 saturated heterocycles. The van der Waals surface area contributed by atoms with Crippen LogP contribution in [0.25, 0.3) is 0 Å². The van der Waals surface area contributed by atoms with Crippen LogP contribution in [0.3, 0.4) is 0 Å². The van der Waals surface area contributed by atoms with Crippen LogP contribution in [0.4, 0.5) is 0 Å². The van der Waals surface area contributed by atoms with Gasteiger partial charge in [-0.2, -0.15) is 5.26 Å². The van der Waals surface area contributed by atoms with E-state index in [2.05, 4.69) is 11.8 Å². The van der Waals surface area contributed by atoms with Gasteiger partial charge in [0.2, 0.25) is 0 Å². The zero-order chi connectivity index (χ0) is 11.1. The summed E-state index contributed by atoms with van der Waals surface area (Å²) in [5, 5.41) is 17.3. The molecule has 0 aliphatic rings. The van der Waals surface area contributed by atoms with Crippen molar-refractivity contribution in [1.82, 2.24) is 0 Å². The second kappa shape index (κ2) is 5.70. The van der Waals surface area contributed by atoms with Crippen molar-refractivity contribution in [1.29, 1.82) is 5.26 Å². The van der Waals surface area contributed by atoms with E-state index in [-0.39, 0.29) is 6.61 Å². The second-order valence-corrected chi connectivity index (χ2v) is 2.80. The van der Waals surface area contributed by atoms with Crippen molar-refractivity contribution in [3.8, 4) is 23.7 Å². The molecule has 0 amide bonds. The summed E-state index contributed by atoms with van der Waals surface area (Å²) in [7, 11) is 1.51. The SMILES string of the molecule is COc1cc(C#CCCO)ccc1C#N. The number of aliphatic hydroxyl groups is 1. The third kappa shape index (κ3) is 3.02. The van der Waals surface area contributed by atoms with Gasteiger partial charge in [-0.1, -0.05) is 11.8 Å². The van der Waals surface area contributed by atoms with Gasteiger partial charge in [-0.05, 0) is 18.2 Å². The van der Waals surface area contributed by atoms with Gasteiger partial charge in [0, 0.05) is 12.0 Å². The van der Waals surface area contributed by atoms with Crippen LogP contribution < -0.4 is 4.74 Å². The second-order valence-electron chi connectivity index (χ2n) is 2.80. The van der Waals surface area contributed by atoms with E-state index in [9.17, 15) is 0 Å². The molecule has 0 bridgehead atoms. The Morgan fingerprint density at radius 3 is 2.87 bits per heavy atom. The minimum Gasteiger partial charge on any atom is -0.495 e. The number of hydrogen-bond acceptors (Lipinski definition) is 3. The first kappa shape index (κ1) is 11.1. The first-order chi connectivity index (χ1) is 7.31. The summed E-state index contributed by atoms with van der Waals surface area (Å²) in [6.07, 6.45) is 0.447. The zero-order valence-electron chi connectivity index (χ0n) is 8.45. The Morgan fingerprint density at radius 2 is 2.27 bits per heavy atom. The number of benzene rings is 1. The number of aliphatic hydroxyl groups excluding tert-OH is 1. The third-order valence-electron chi connectivity index (χ3n) is 1.79. The molecule has 1 rings (SSSR count). The van der Waals surface area contributed by atoms with Crippen molar-refractivity contribution >= 4 is 0 Å². The van der Waals surface area contributed by atoms with Crippen molar-refractivity contribution in [2.45, 2.75) is 6.42 Å². The molecular formula is C12H11NO2. The summed E-state index contributed by atoms with van der Waals surface area (Å²) in [5.41, 5.74) is 1.27. The molecule has 0 atom stereocenters. The smallest absolute Gasteiger partial charge is 0.137 e. The topological polar surface area (TPSA) is 53.2 Å². The minimum atomic E-state index is 0.0560. The summed E-state index contributed by atoms with van der Waals surface area (Å²) in [6.45, 7) is 0.0560. The van der Waals surface area contributed by atoms with Gasteiger partial charge in [0.25, 0.3) is 0 Å². The van der Waals surface area contributed by atoms with Crippen LogP contribution in [0.5, 0.6) is 5.75 Å². The van der Waals surface area contributed by atoms with Crippen LogP contribution in [-0.4, -0.2) is 18.8 Å².